The average Bonchev–Trinajstić information content (AvgIpc) is 2.90. The number of hydrogen-bond donors (Lipinski definition) is 2. The lowest BCUT2D eigenvalue weighted by molar-refractivity contribution is 0.0167. The number of nitriles is 1. The number of aliphatic hydroxyl groups is 1. The van der Waals surface area contributed by atoms with Crippen molar-refractivity contribution in [1.82, 2.24) is 10.2 Å². The van der Waals surface area contributed by atoms with E-state index in [1.807, 2.05) is 31.7 Å². The number of hydrogen-bond acceptors (Lipinski definition) is 6. The van der Waals surface area contributed by atoms with Crippen LogP contribution in [0.25, 0.3) is 0 Å². The van der Waals surface area contributed by atoms with E-state index in [9.17, 15) is 15.2 Å². The minimum absolute atomic E-state index is 0.0613. The molecule has 1 unspecified atom stereocenters. The van der Waals surface area contributed by atoms with Gasteiger partial charge in [-0.25, -0.2) is 4.79 Å². The van der Waals surface area contributed by atoms with Crippen LogP contribution in [0.2, 0.25) is 0 Å². The lowest BCUT2D eigenvalue weighted by atomic mass is 9.56. The number of likely N-dealkylation sites (tertiary alicyclic amines) is 1. The fourth-order valence-corrected chi connectivity index (χ4v) is 6.99. The van der Waals surface area contributed by atoms with E-state index in [0.717, 1.165) is 37.0 Å². The number of piperidine rings is 1. The first kappa shape index (κ1) is 26.3. The van der Waals surface area contributed by atoms with Crippen molar-refractivity contribution in [2.45, 2.75) is 78.5 Å². The van der Waals surface area contributed by atoms with Crippen molar-refractivity contribution in [1.29, 1.82) is 5.26 Å². The smallest absolute Gasteiger partial charge is 0.410 e. The molecule has 2 aliphatic heterocycles. The normalized spacial score (nSPS) is 30.1. The highest BCUT2D eigenvalue weighted by Gasteiger charge is 2.52. The average molecular weight is 517 g/mol. The molecule has 2 heterocycles. The van der Waals surface area contributed by atoms with Gasteiger partial charge in [0.2, 0.25) is 0 Å². The Hall–Kier alpha value is -3.27. The Balaban J connectivity index is 1.46. The monoisotopic (exact) mass is 516 g/mol. The van der Waals surface area contributed by atoms with Crippen LogP contribution >= 0.6 is 0 Å². The predicted octanol–water partition coefficient (Wildman–Crippen LogP) is 6.10. The van der Waals surface area contributed by atoms with Crippen molar-refractivity contribution in [3.8, 4) is 6.07 Å². The molecule has 202 valence electrons. The molecule has 38 heavy (non-hydrogen) atoms. The van der Waals surface area contributed by atoms with Gasteiger partial charge in [-0.1, -0.05) is 44.2 Å². The largest absolute Gasteiger partial charge is 0.511 e. The number of allylic oxidation sites excluding steroid dienone is 4. The fraction of sp³-hybridized carbons (Fsp3) is 0.581. The van der Waals surface area contributed by atoms with Crippen LogP contribution in [0, 0.1) is 34.5 Å². The van der Waals surface area contributed by atoms with Gasteiger partial charge in [-0.05, 0) is 64.4 Å². The number of aliphatic imine (C=N–C) groups is 1. The highest BCUT2D eigenvalue weighted by atomic mass is 16.6. The minimum Gasteiger partial charge on any atom is -0.511 e. The number of aliphatic hydroxyl groups excluding tert-OH is 1. The first-order chi connectivity index (χ1) is 18.0. The number of rotatable bonds is 2. The van der Waals surface area contributed by atoms with E-state index in [1.165, 1.54) is 11.3 Å². The molecule has 1 amide bonds. The number of benzene rings is 1. The van der Waals surface area contributed by atoms with Crippen LogP contribution in [-0.2, 0) is 4.74 Å². The highest BCUT2D eigenvalue weighted by Crippen LogP contribution is 2.56. The quantitative estimate of drug-likeness (QED) is 0.495. The molecule has 7 nitrogen and oxygen atoms in total. The summed E-state index contributed by atoms with van der Waals surface area (Å²) < 4.78 is 5.60. The number of amides is 1. The Kier molecular flexibility index (Phi) is 6.79. The molecular weight excluding hydrogens is 476 g/mol. The van der Waals surface area contributed by atoms with Crippen molar-refractivity contribution in [2.24, 2.45) is 28.2 Å². The summed E-state index contributed by atoms with van der Waals surface area (Å²) in [5.74, 6) is 0.716. The maximum atomic E-state index is 12.6. The SMILES string of the molecule is C[C@H]1C(O)=C(C#N)C[C@@]2(C)C3=C(CC[C@H]12)C(c1ccccc1)=NC(C1CCN(C(=O)OC(C)(C)C)CC1)N3. The number of carbonyl (C=O) groups is 1. The lowest BCUT2D eigenvalue weighted by Gasteiger charge is -2.52. The molecule has 7 heteroatoms. The van der Waals surface area contributed by atoms with Gasteiger partial charge in [-0.2, -0.15) is 5.26 Å². The van der Waals surface area contributed by atoms with Gasteiger partial charge in [0, 0.05) is 41.6 Å². The fourth-order valence-electron chi connectivity index (χ4n) is 6.99. The molecule has 0 spiro atoms. The van der Waals surface area contributed by atoms with E-state index in [4.69, 9.17) is 9.73 Å². The van der Waals surface area contributed by atoms with Crippen LogP contribution in [0.3, 0.4) is 0 Å². The third kappa shape index (κ3) is 4.70. The second-order valence-corrected chi connectivity index (χ2v) is 12.6. The predicted molar refractivity (Wildman–Crippen MR) is 147 cm³/mol. The molecule has 0 radical (unpaired) electrons. The first-order valence-corrected chi connectivity index (χ1v) is 14.0. The Labute approximate surface area is 226 Å². The van der Waals surface area contributed by atoms with Crippen LogP contribution in [0.4, 0.5) is 4.79 Å². The Bertz CT molecular complexity index is 1230. The molecule has 2 aliphatic carbocycles. The Morgan fingerprint density at radius 1 is 1.21 bits per heavy atom. The van der Waals surface area contributed by atoms with E-state index in [-0.39, 0.29) is 41.2 Å². The molecule has 1 fully saturated rings. The van der Waals surface area contributed by atoms with E-state index >= 15 is 0 Å². The number of nitrogens with zero attached hydrogens (tertiary/aromatic N) is 3. The zero-order valence-electron chi connectivity index (χ0n) is 23.3. The van der Waals surface area contributed by atoms with Gasteiger partial charge in [-0.15, -0.1) is 0 Å². The van der Waals surface area contributed by atoms with Gasteiger partial charge in [-0.3, -0.25) is 4.99 Å². The molecule has 0 aromatic heterocycles. The molecule has 2 N–H and O–H groups in total. The van der Waals surface area contributed by atoms with Gasteiger partial charge < -0.3 is 20.1 Å². The highest BCUT2D eigenvalue weighted by molar-refractivity contribution is 6.13. The molecule has 1 aromatic carbocycles. The molecule has 1 aromatic rings. The molecule has 0 bridgehead atoms. The summed E-state index contributed by atoms with van der Waals surface area (Å²) in [6, 6.07) is 12.7. The van der Waals surface area contributed by atoms with E-state index in [1.54, 1.807) is 0 Å². The lowest BCUT2D eigenvalue weighted by Crippen LogP contribution is -2.53. The summed E-state index contributed by atoms with van der Waals surface area (Å²) in [5.41, 5.74) is 4.29. The van der Waals surface area contributed by atoms with Crippen molar-refractivity contribution >= 4 is 11.8 Å². The van der Waals surface area contributed by atoms with Crippen molar-refractivity contribution in [2.75, 3.05) is 13.1 Å². The molecule has 0 saturated carbocycles. The van der Waals surface area contributed by atoms with Gasteiger partial charge in [0.1, 0.15) is 17.5 Å². The van der Waals surface area contributed by atoms with E-state index in [2.05, 4.69) is 49.5 Å². The summed E-state index contributed by atoms with van der Waals surface area (Å²) in [6.45, 7) is 11.3. The molecular formula is C31H40N4O3. The second kappa shape index (κ2) is 9.80. The maximum absolute atomic E-state index is 12.6. The maximum Gasteiger partial charge on any atom is 0.410 e. The van der Waals surface area contributed by atoms with Crippen LogP contribution in [0.1, 0.15) is 72.3 Å². The number of nitrogens with one attached hydrogen (secondary N) is 1. The van der Waals surface area contributed by atoms with Gasteiger partial charge in [0.25, 0.3) is 0 Å². The van der Waals surface area contributed by atoms with Gasteiger partial charge in [0.15, 0.2) is 0 Å². The van der Waals surface area contributed by atoms with Crippen LogP contribution < -0.4 is 5.32 Å². The summed E-state index contributed by atoms with van der Waals surface area (Å²) >= 11 is 0. The number of ether oxygens (including phenoxy) is 1. The molecule has 4 atom stereocenters. The third-order valence-electron chi connectivity index (χ3n) is 8.95. The molecule has 4 aliphatic rings. The minimum atomic E-state index is -0.508. The van der Waals surface area contributed by atoms with Crippen molar-refractivity contribution in [3.05, 3.63) is 58.5 Å². The second-order valence-electron chi connectivity index (χ2n) is 12.6. The van der Waals surface area contributed by atoms with Crippen molar-refractivity contribution < 1.29 is 14.6 Å². The van der Waals surface area contributed by atoms with Crippen molar-refractivity contribution in [3.63, 3.8) is 0 Å². The Morgan fingerprint density at radius 2 is 1.89 bits per heavy atom. The van der Waals surface area contributed by atoms with Crippen LogP contribution in [0.15, 0.2) is 57.9 Å². The zero-order valence-corrected chi connectivity index (χ0v) is 23.3. The molecule has 1 saturated heterocycles. The summed E-state index contributed by atoms with van der Waals surface area (Å²) in [4.78, 5) is 19.8. The number of fused-ring (bicyclic) bond motifs is 2. The van der Waals surface area contributed by atoms with Crippen LogP contribution in [0.5, 0.6) is 0 Å². The van der Waals surface area contributed by atoms with E-state index < -0.39 is 5.60 Å². The topological polar surface area (TPSA) is 98.0 Å². The summed E-state index contributed by atoms with van der Waals surface area (Å²) in [7, 11) is 0. The first-order valence-electron chi connectivity index (χ1n) is 14.0. The third-order valence-corrected chi connectivity index (χ3v) is 8.95. The number of carbonyl (C=O) groups excluding carboxylic acids is 1. The Morgan fingerprint density at radius 3 is 2.53 bits per heavy atom. The van der Waals surface area contributed by atoms with Gasteiger partial charge in [0.05, 0.1) is 17.4 Å². The standard InChI is InChI=1S/C31H40N4O3/c1-19-24-12-11-23-25(20-9-7-6-8-10-20)33-28(34-27(23)31(24,5)17-22(18-32)26(19)36)21-13-15-35(16-14-21)29(37)38-30(2,3)4/h6-10,19,21,24,28,34,36H,11-17H2,1-5H3/t19-,24-,28?,31-/m1/s1. The summed E-state index contributed by atoms with van der Waals surface area (Å²) in [6.07, 6.45) is 3.69. The van der Waals surface area contributed by atoms with E-state index in [0.29, 0.717) is 25.1 Å². The summed E-state index contributed by atoms with van der Waals surface area (Å²) in [5, 5.41) is 24.5. The van der Waals surface area contributed by atoms with Gasteiger partial charge >= 0.3 is 6.09 Å². The van der Waals surface area contributed by atoms with Crippen LogP contribution in [-0.4, -0.2) is 46.7 Å². The zero-order chi connectivity index (χ0) is 27.2. The molecule has 5 rings (SSSR count).